The van der Waals surface area contributed by atoms with Gasteiger partial charge in [0.2, 0.25) is 0 Å². The van der Waals surface area contributed by atoms with Gasteiger partial charge in [0, 0.05) is 17.1 Å². The second-order valence-corrected chi connectivity index (χ2v) is 5.14. The van der Waals surface area contributed by atoms with Crippen molar-refractivity contribution in [3.8, 4) is 16.3 Å². The van der Waals surface area contributed by atoms with Crippen LogP contribution in [0.1, 0.15) is 11.4 Å². The maximum Gasteiger partial charge on any atom is 0.124 e. The first kappa shape index (κ1) is 13.5. The minimum atomic E-state index is 0.834. The summed E-state index contributed by atoms with van der Waals surface area (Å²) in [6, 6.07) is 9.75. The van der Waals surface area contributed by atoms with Crippen LogP contribution in [0, 0.1) is 0 Å². The predicted molar refractivity (Wildman–Crippen MR) is 85.1 cm³/mol. The summed E-state index contributed by atoms with van der Waals surface area (Å²) in [7, 11) is 1.66. The Bertz CT molecular complexity index is 753. The van der Waals surface area contributed by atoms with Crippen molar-refractivity contribution in [1.29, 1.82) is 0 Å². The summed E-state index contributed by atoms with van der Waals surface area (Å²) in [5.41, 5.74) is 2.83. The molecule has 0 unspecified atom stereocenters. The molecule has 0 aliphatic carbocycles. The van der Waals surface area contributed by atoms with Crippen molar-refractivity contribution >= 4 is 23.5 Å². The molecule has 4 nitrogen and oxygen atoms in total. The number of hydrogen-bond acceptors (Lipinski definition) is 5. The Kier molecular flexibility index (Phi) is 4.02. The van der Waals surface area contributed by atoms with Crippen LogP contribution in [0.15, 0.2) is 48.2 Å². The van der Waals surface area contributed by atoms with E-state index in [-0.39, 0.29) is 0 Å². The number of benzene rings is 1. The molecule has 0 spiro atoms. The molecule has 0 fully saturated rings. The van der Waals surface area contributed by atoms with Crippen LogP contribution in [-0.2, 0) is 0 Å². The van der Waals surface area contributed by atoms with Crippen molar-refractivity contribution < 1.29 is 4.74 Å². The van der Waals surface area contributed by atoms with Gasteiger partial charge in [0.1, 0.15) is 17.1 Å². The fourth-order valence-electron chi connectivity index (χ4n) is 1.82. The third kappa shape index (κ3) is 3.32. The summed E-state index contributed by atoms with van der Waals surface area (Å²) in [6.45, 7) is 0. The van der Waals surface area contributed by atoms with E-state index >= 15 is 0 Å². The van der Waals surface area contributed by atoms with Crippen molar-refractivity contribution in [3.63, 3.8) is 0 Å². The van der Waals surface area contributed by atoms with Crippen molar-refractivity contribution in [2.24, 2.45) is 0 Å². The predicted octanol–water partition coefficient (Wildman–Crippen LogP) is 3.78. The summed E-state index contributed by atoms with van der Waals surface area (Å²) in [5.74, 6) is 0.834. The third-order valence-electron chi connectivity index (χ3n) is 2.87. The molecule has 5 heteroatoms. The van der Waals surface area contributed by atoms with Crippen LogP contribution >= 0.6 is 11.3 Å². The quantitative estimate of drug-likeness (QED) is 0.735. The van der Waals surface area contributed by atoms with E-state index in [0.29, 0.717) is 0 Å². The van der Waals surface area contributed by atoms with Crippen LogP contribution in [0.2, 0.25) is 0 Å². The van der Waals surface area contributed by atoms with E-state index < -0.39 is 0 Å². The molecule has 0 saturated heterocycles. The summed E-state index contributed by atoms with van der Waals surface area (Å²) in [5, 5.41) is 2.99. The number of hydrogen-bond donors (Lipinski definition) is 0. The van der Waals surface area contributed by atoms with Crippen LogP contribution in [0.5, 0.6) is 5.75 Å². The van der Waals surface area contributed by atoms with Gasteiger partial charge in [-0.15, -0.1) is 11.3 Å². The summed E-state index contributed by atoms with van der Waals surface area (Å²) in [6.07, 6.45) is 7.12. The Labute approximate surface area is 126 Å². The van der Waals surface area contributed by atoms with Crippen LogP contribution in [0.3, 0.4) is 0 Å². The molecule has 21 heavy (non-hydrogen) atoms. The smallest absolute Gasteiger partial charge is 0.124 e. The zero-order valence-electron chi connectivity index (χ0n) is 11.4. The number of nitrogens with zero attached hydrogens (tertiary/aromatic N) is 3. The molecule has 2 heterocycles. The molecule has 0 bridgehead atoms. The monoisotopic (exact) mass is 295 g/mol. The standard InChI is InChI=1S/C16H13N3OS/c1-20-15-4-2-3-12(9-15)16-19-14(10-21-16)6-5-13-7-8-17-11-18-13/h2-11H,1H3. The molecule has 3 rings (SSSR count). The van der Waals surface area contributed by atoms with Crippen molar-refractivity contribution in [3.05, 3.63) is 59.6 Å². The number of rotatable bonds is 4. The third-order valence-corrected chi connectivity index (χ3v) is 3.78. The number of methoxy groups -OCH3 is 1. The molecule has 0 N–H and O–H groups in total. The zero-order valence-corrected chi connectivity index (χ0v) is 12.2. The Morgan fingerprint density at radius 3 is 2.86 bits per heavy atom. The molecule has 1 aromatic carbocycles. The minimum Gasteiger partial charge on any atom is -0.497 e. The molecule has 0 aliphatic heterocycles. The average molecular weight is 295 g/mol. The van der Waals surface area contributed by atoms with Gasteiger partial charge in [-0.3, -0.25) is 0 Å². The van der Waals surface area contributed by atoms with Crippen LogP contribution in [-0.4, -0.2) is 22.1 Å². The maximum atomic E-state index is 5.24. The first-order valence-electron chi connectivity index (χ1n) is 6.39. The highest BCUT2D eigenvalue weighted by atomic mass is 32.1. The van der Waals surface area contributed by atoms with Gasteiger partial charge < -0.3 is 4.74 Å². The molecule has 0 atom stereocenters. The van der Waals surface area contributed by atoms with Gasteiger partial charge in [0.15, 0.2) is 0 Å². The van der Waals surface area contributed by atoms with Gasteiger partial charge in [0.05, 0.1) is 18.5 Å². The van der Waals surface area contributed by atoms with Gasteiger partial charge in [-0.2, -0.15) is 0 Å². The van der Waals surface area contributed by atoms with Gasteiger partial charge in [0.25, 0.3) is 0 Å². The largest absolute Gasteiger partial charge is 0.497 e. The van der Waals surface area contributed by atoms with Gasteiger partial charge >= 0.3 is 0 Å². The fourth-order valence-corrected chi connectivity index (χ4v) is 2.61. The summed E-state index contributed by atoms with van der Waals surface area (Å²) < 4.78 is 5.24. The molecule has 2 aromatic heterocycles. The highest BCUT2D eigenvalue weighted by molar-refractivity contribution is 7.13. The van der Waals surface area contributed by atoms with E-state index in [2.05, 4.69) is 15.0 Å². The van der Waals surface area contributed by atoms with E-state index in [1.54, 1.807) is 24.6 Å². The second kappa shape index (κ2) is 6.28. The first-order chi connectivity index (χ1) is 10.3. The van der Waals surface area contributed by atoms with E-state index in [4.69, 9.17) is 4.74 Å². The number of thiazole rings is 1. The lowest BCUT2D eigenvalue weighted by molar-refractivity contribution is 0.415. The maximum absolute atomic E-state index is 5.24. The molecule has 0 radical (unpaired) electrons. The molecular formula is C16H13N3OS. The van der Waals surface area contributed by atoms with E-state index in [0.717, 1.165) is 27.7 Å². The molecule has 3 aromatic rings. The minimum absolute atomic E-state index is 0.834. The summed E-state index contributed by atoms with van der Waals surface area (Å²) in [4.78, 5) is 12.6. The summed E-state index contributed by atoms with van der Waals surface area (Å²) >= 11 is 1.61. The number of ether oxygens (including phenoxy) is 1. The number of aromatic nitrogens is 3. The molecule has 0 aliphatic rings. The van der Waals surface area contributed by atoms with Gasteiger partial charge in [-0.1, -0.05) is 12.1 Å². The topological polar surface area (TPSA) is 47.9 Å². The normalized spacial score (nSPS) is 10.9. The van der Waals surface area contributed by atoms with Crippen molar-refractivity contribution in [2.45, 2.75) is 0 Å². The molecule has 0 saturated carbocycles. The second-order valence-electron chi connectivity index (χ2n) is 4.28. The fraction of sp³-hybridized carbons (Fsp3) is 0.0625. The highest BCUT2D eigenvalue weighted by Gasteiger charge is 2.04. The van der Waals surface area contributed by atoms with E-state index in [1.807, 2.05) is 47.9 Å². The first-order valence-corrected chi connectivity index (χ1v) is 7.27. The lowest BCUT2D eigenvalue weighted by atomic mass is 10.2. The Morgan fingerprint density at radius 1 is 1.14 bits per heavy atom. The lowest BCUT2D eigenvalue weighted by Gasteiger charge is -2.00. The van der Waals surface area contributed by atoms with Crippen LogP contribution in [0.4, 0.5) is 0 Å². The Hall–Kier alpha value is -2.53. The Morgan fingerprint density at radius 2 is 2.05 bits per heavy atom. The SMILES string of the molecule is COc1cccc(-c2nc(C=Cc3ccncn3)cs2)c1. The van der Waals surface area contributed by atoms with Crippen LogP contribution in [0.25, 0.3) is 22.7 Å². The molecule has 0 amide bonds. The van der Waals surface area contributed by atoms with Crippen molar-refractivity contribution in [1.82, 2.24) is 15.0 Å². The Balaban J connectivity index is 1.81. The van der Waals surface area contributed by atoms with Gasteiger partial charge in [-0.05, 0) is 30.4 Å². The molecule has 104 valence electrons. The zero-order chi connectivity index (χ0) is 14.5. The van der Waals surface area contributed by atoms with Crippen LogP contribution < -0.4 is 4.74 Å². The average Bonchev–Trinajstić information content (AvgIpc) is 3.03. The lowest BCUT2D eigenvalue weighted by Crippen LogP contribution is -1.83. The highest BCUT2D eigenvalue weighted by Crippen LogP contribution is 2.27. The van der Waals surface area contributed by atoms with Crippen molar-refractivity contribution in [2.75, 3.05) is 7.11 Å². The molecular weight excluding hydrogens is 282 g/mol. The van der Waals surface area contributed by atoms with E-state index in [1.165, 1.54) is 6.33 Å². The van der Waals surface area contributed by atoms with Gasteiger partial charge in [-0.25, -0.2) is 15.0 Å². The van der Waals surface area contributed by atoms with E-state index in [9.17, 15) is 0 Å².